The topological polar surface area (TPSA) is 78.9 Å². The van der Waals surface area contributed by atoms with Gasteiger partial charge in [0.2, 0.25) is 5.91 Å². The summed E-state index contributed by atoms with van der Waals surface area (Å²) in [6.07, 6.45) is 3.15. The van der Waals surface area contributed by atoms with Crippen LogP contribution in [0.5, 0.6) is 5.75 Å². The molecule has 1 aliphatic rings. The SMILES string of the molecule is COc1ccc(CC2CCN(CC(=O)NCC(=O)O)CC2)cc1. The summed E-state index contributed by atoms with van der Waals surface area (Å²) < 4.78 is 5.16. The number of carbonyl (C=O) groups excluding carboxylic acids is 1. The molecule has 126 valence electrons. The van der Waals surface area contributed by atoms with Crippen LogP contribution in [-0.4, -0.2) is 55.2 Å². The van der Waals surface area contributed by atoms with Gasteiger partial charge in [-0.15, -0.1) is 0 Å². The van der Waals surface area contributed by atoms with E-state index in [1.165, 1.54) is 5.56 Å². The number of rotatable bonds is 7. The minimum absolute atomic E-state index is 0.221. The average Bonchev–Trinajstić information content (AvgIpc) is 2.55. The molecular weight excluding hydrogens is 296 g/mol. The number of carboxylic acids is 1. The van der Waals surface area contributed by atoms with Crippen molar-refractivity contribution < 1.29 is 19.4 Å². The fourth-order valence-electron chi connectivity index (χ4n) is 2.88. The van der Waals surface area contributed by atoms with Crippen LogP contribution in [0.4, 0.5) is 0 Å². The molecule has 0 bridgehead atoms. The number of benzene rings is 1. The largest absolute Gasteiger partial charge is 0.497 e. The van der Waals surface area contributed by atoms with E-state index in [0.717, 1.165) is 38.1 Å². The molecule has 1 aromatic rings. The molecule has 0 aromatic heterocycles. The van der Waals surface area contributed by atoms with Crippen LogP contribution in [0, 0.1) is 5.92 Å². The molecule has 6 nitrogen and oxygen atoms in total. The maximum absolute atomic E-state index is 11.6. The first-order chi connectivity index (χ1) is 11.1. The van der Waals surface area contributed by atoms with Crippen molar-refractivity contribution in [2.24, 2.45) is 5.92 Å². The molecule has 1 saturated heterocycles. The van der Waals surface area contributed by atoms with E-state index in [2.05, 4.69) is 22.3 Å². The Morgan fingerprint density at radius 1 is 1.26 bits per heavy atom. The number of nitrogens with zero attached hydrogens (tertiary/aromatic N) is 1. The van der Waals surface area contributed by atoms with Crippen LogP contribution in [0.3, 0.4) is 0 Å². The van der Waals surface area contributed by atoms with Gasteiger partial charge in [-0.25, -0.2) is 0 Å². The first kappa shape index (κ1) is 17.3. The molecule has 0 atom stereocenters. The number of carbonyl (C=O) groups is 2. The van der Waals surface area contributed by atoms with Crippen LogP contribution >= 0.6 is 0 Å². The van der Waals surface area contributed by atoms with Gasteiger partial charge in [0, 0.05) is 0 Å². The molecule has 1 amide bonds. The normalized spacial score (nSPS) is 16.0. The summed E-state index contributed by atoms with van der Waals surface area (Å²) in [7, 11) is 1.66. The Bertz CT molecular complexity index is 522. The van der Waals surface area contributed by atoms with Gasteiger partial charge in [-0.2, -0.15) is 0 Å². The third-order valence-electron chi connectivity index (χ3n) is 4.19. The third kappa shape index (κ3) is 5.90. The lowest BCUT2D eigenvalue weighted by Gasteiger charge is -2.31. The number of methoxy groups -OCH3 is 1. The quantitative estimate of drug-likeness (QED) is 0.788. The minimum Gasteiger partial charge on any atom is -0.497 e. The van der Waals surface area contributed by atoms with E-state index in [9.17, 15) is 9.59 Å². The van der Waals surface area contributed by atoms with Gasteiger partial charge in [0.15, 0.2) is 0 Å². The highest BCUT2D eigenvalue weighted by Crippen LogP contribution is 2.22. The Kier molecular flexibility index (Phi) is 6.40. The molecule has 0 aliphatic carbocycles. The number of hydrogen-bond donors (Lipinski definition) is 2. The molecule has 0 radical (unpaired) electrons. The van der Waals surface area contributed by atoms with Gasteiger partial charge in [0.25, 0.3) is 0 Å². The lowest BCUT2D eigenvalue weighted by molar-refractivity contribution is -0.138. The van der Waals surface area contributed by atoms with Crippen molar-refractivity contribution in [3.8, 4) is 5.75 Å². The van der Waals surface area contributed by atoms with Crippen LogP contribution in [0.15, 0.2) is 24.3 Å². The molecule has 1 heterocycles. The third-order valence-corrected chi connectivity index (χ3v) is 4.19. The molecule has 2 N–H and O–H groups in total. The number of likely N-dealkylation sites (tertiary alicyclic amines) is 1. The van der Waals surface area contributed by atoms with Gasteiger partial charge in [-0.1, -0.05) is 12.1 Å². The van der Waals surface area contributed by atoms with Crippen LogP contribution in [0.1, 0.15) is 18.4 Å². The zero-order valence-electron chi connectivity index (χ0n) is 13.5. The molecule has 1 fully saturated rings. The molecule has 0 unspecified atom stereocenters. The monoisotopic (exact) mass is 320 g/mol. The number of piperidine rings is 1. The average molecular weight is 320 g/mol. The van der Waals surface area contributed by atoms with Crippen molar-refractivity contribution in [1.82, 2.24) is 10.2 Å². The molecule has 2 rings (SSSR count). The second kappa shape index (κ2) is 8.53. The highest BCUT2D eigenvalue weighted by Gasteiger charge is 2.21. The van der Waals surface area contributed by atoms with Crippen LogP contribution in [-0.2, 0) is 16.0 Å². The van der Waals surface area contributed by atoms with E-state index in [4.69, 9.17) is 9.84 Å². The zero-order chi connectivity index (χ0) is 16.7. The van der Waals surface area contributed by atoms with Crippen molar-refractivity contribution in [3.05, 3.63) is 29.8 Å². The number of aliphatic carboxylic acids is 1. The second-order valence-electron chi connectivity index (χ2n) is 5.94. The standard InChI is InChI=1S/C17H24N2O4/c1-23-15-4-2-13(3-5-15)10-14-6-8-19(9-7-14)12-16(20)18-11-17(21)22/h2-5,14H,6-12H2,1H3,(H,18,20)(H,21,22). The molecule has 23 heavy (non-hydrogen) atoms. The van der Waals surface area contributed by atoms with Gasteiger partial charge >= 0.3 is 5.97 Å². The lowest BCUT2D eigenvalue weighted by atomic mass is 9.90. The summed E-state index contributed by atoms with van der Waals surface area (Å²) in [5.74, 6) is 0.259. The highest BCUT2D eigenvalue weighted by atomic mass is 16.5. The molecular formula is C17H24N2O4. The van der Waals surface area contributed by atoms with Crippen molar-refractivity contribution >= 4 is 11.9 Å². The Labute approximate surface area is 136 Å². The Morgan fingerprint density at radius 2 is 1.91 bits per heavy atom. The van der Waals surface area contributed by atoms with Crippen molar-refractivity contribution in [2.45, 2.75) is 19.3 Å². The predicted molar refractivity (Wildman–Crippen MR) is 86.5 cm³/mol. The van der Waals surface area contributed by atoms with Crippen LogP contribution in [0.2, 0.25) is 0 Å². The summed E-state index contributed by atoms with van der Waals surface area (Å²) in [6.45, 7) is 1.72. The number of carboxylic acid groups (broad SMARTS) is 1. The zero-order valence-corrected chi connectivity index (χ0v) is 13.5. The molecule has 1 aromatic carbocycles. The summed E-state index contributed by atoms with van der Waals surface area (Å²) >= 11 is 0. The molecule has 1 aliphatic heterocycles. The summed E-state index contributed by atoms with van der Waals surface area (Å²) in [5, 5.41) is 10.9. The Hall–Kier alpha value is -2.08. The fraction of sp³-hybridized carbons (Fsp3) is 0.529. The van der Waals surface area contributed by atoms with Gasteiger partial charge in [-0.05, 0) is 56.0 Å². The second-order valence-corrected chi connectivity index (χ2v) is 5.94. The number of hydrogen-bond acceptors (Lipinski definition) is 4. The maximum Gasteiger partial charge on any atom is 0.322 e. The van der Waals surface area contributed by atoms with E-state index in [-0.39, 0.29) is 19.0 Å². The lowest BCUT2D eigenvalue weighted by Crippen LogP contribution is -2.42. The van der Waals surface area contributed by atoms with E-state index >= 15 is 0 Å². The summed E-state index contributed by atoms with van der Waals surface area (Å²) in [6, 6.07) is 8.17. The highest BCUT2D eigenvalue weighted by molar-refractivity contribution is 5.82. The van der Waals surface area contributed by atoms with Crippen LogP contribution in [0.25, 0.3) is 0 Å². The van der Waals surface area contributed by atoms with E-state index in [1.807, 2.05) is 12.1 Å². The summed E-state index contributed by atoms with van der Waals surface area (Å²) in [4.78, 5) is 24.1. The number of amides is 1. The minimum atomic E-state index is -1.02. The van der Waals surface area contributed by atoms with Gasteiger partial charge in [0.05, 0.1) is 13.7 Å². The van der Waals surface area contributed by atoms with Gasteiger partial charge in [-0.3, -0.25) is 14.5 Å². The van der Waals surface area contributed by atoms with E-state index in [0.29, 0.717) is 5.92 Å². The smallest absolute Gasteiger partial charge is 0.322 e. The number of nitrogens with one attached hydrogen (secondary N) is 1. The first-order valence-electron chi connectivity index (χ1n) is 7.90. The summed E-state index contributed by atoms with van der Waals surface area (Å²) in [5.41, 5.74) is 1.31. The molecule has 0 saturated carbocycles. The van der Waals surface area contributed by atoms with Crippen molar-refractivity contribution in [3.63, 3.8) is 0 Å². The van der Waals surface area contributed by atoms with Crippen molar-refractivity contribution in [1.29, 1.82) is 0 Å². The molecule has 0 spiro atoms. The van der Waals surface area contributed by atoms with Crippen LogP contribution < -0.4 is 10.1 Å². The van der Waals surface area contributed by atoms with Gasteiger partial charge < -0.3 is 15.2 Å². The Morgan fingerprint density at radius 3 is 2.48 bits per heavy atom. The van der Waals surface area contributed by atoms with E-state index in [1.54, 1.807) is 7.11 Å². The van der Waals surface area contributed by atoms with E-state index < -0.39 is 5.97 Å². The van der Waals surface area contributed by atoms with Gasteiger partial charge in [0.1, 0.15) is 12.3 Å². The molecule has 6 heteroatoms. The Balaban J connectivity index is 1.70. The van der Waals surface area contributed by atoms with Crippen molar-refractivity contribution in [2.75, 3.05) is 33.3 Å². The maximum atomic E-state index is 11.6. The fourth-order valence-corrected chi connectivity index (χ4v) is 2.88. The predicted octanol–water partition coefficient (Wildman–Crippen LogP) is 1.15. The first-order valence-corrected chi connectivity index (χ1v) is 7.90. The number of ether oxygens (including phenoxy) is 1.